The van der Waals surface area contributed by atoms with Gasteiger partial charge < -0.3 is 0 Å². The fourth-order valence-electron chi connectivity index (χ4n) is 0.926. The van der Waals surface area contributed by atoms with E-state index in [1.807, 2.05) is 6.07 Å². The number of halogens is 2. The zero-order chi connectivity index (χ0) is 8.72. The molecular formula is C7H3Cl2NS2. The van der Waals surface area contributed by atoms with Crippen LogP contribution in [-0.2, 0) is 0 Å². The van der Waals surface area contributed by atoms with E-state index in [0.29, 0.717) is 14.4 Å². The molecule has 0 saturated carbocycles. The smallest absolute Gasteiger partial charge is 0.148 e. The van der Waals surface area contributed by atoms with Gasteiger partial charge in [-0.25, -0.2) is 4.98 Å². The number of nitrogens with zero attached hydrogens (tertiary/aromatic N) is 1. The van der Waals surface area contributed by atoms with Crippen LogP contribution in [0.5, 0.6) is 0 Å². The molecule has 0 aliphatic carbocycles. The molecule has 0 N–H and O–H groups in total. The third-order valence-electron chi connectivity index (χ3n) is 1.44. The van der Waals surface area contributed by atoms with Crippen LogP contribution in [0.15, 0.2) is 16.5 Å². The van der Waals surface area contributed by atoms with Gasteiger partial charge in [0.2, 0.25) is 0 Å². The van der Waals surface area contributed by atoms with Crippen LogP contribution in [-0.4, -0.2) is 4.98 Å². The second kappa shape index (κ2) is 3.07. The number of fused-ring (bicyclic) bond motifs is 1. The molecule has 62 valence electrons. The predicted octanol–water partition coefficient (Wildman–Crippen LogP) is 3.89. The van der Waals surface area contributed by atoms with Gasteiger partial charge in [-0.3, -0.25) is 0 Å². The lowest BCUT2D eigenvalue weighted by Gasteiger charge is -1.93. The van der Waals surface area contributed by atoms with Crippen LogP contribution in [0.25, 0.3) is 10.2 Å². The van der Waals surface area contributed by atoms with Crippen molar-refractivity contribution < 1.29 is 0 Å². The Morgan fingerprint density at radius 3 is 2.83 bits per heavy atom. The minimum absolute atomic E-state index is 0.505. The van der Waals surface area contributed by atoms with Crippen molar-refractivity contribution in [3.63, 3.8) is 0 Å². The minimum Gasteiger partial charge on any atom is -0.228 e. The minimum atomic E-state index is 0.505. The quantitative estimate of drug-likeness (QED) is 0.684. The lowest BCUT2D eigenvalue weighted by atomic mass is 10.3. The largest absolute Gasteiger partial charge is 0.228 e. The second-order valence-electron chi connectivity index (χ2n) is 2.20. The fourth-order valence-corrected chi connectivity index (χ4v) is 2.45. The Hall–Kier alpha value is 0.0400. The number of thiol groups is 1. The Kier molecular flexibility index (Phi) is 2.21. The molecule has 0 bridgehead atoms. The number of thiazole rings is 1. The number of benzene rings is 1. The van der Waals surface area contributed by atoms with Crippen molar-refractivity contribution in [1.29, 1.82) is 0 Å². The summed E-state index contributed by atoms with van der Waals surface area (Å²) in [6, 6.07) is 3.65. The first-order chi connectivity index (χ1) is 5.68. The monoisotopic (exact) mass is 235 g/mol. The molecular weight excluding hydrogens is 233 g/mol. The highest BCUT2D eigenvalue weighted by molar-refractivity contribution is 7.82. The van der Waals surface area contributed by atoms with Crippen molar-refractivity contribution in [2.24, 2.45) is 0 Å². The summed E-state index contributed by atoms with van der Waals surface area (Å²) < 4.78 is 1.71. The lowest BCUT2D eigenvalue weighted by Crippen LogP contribution is -1.71. The first-order valence-electron chi connectivity index (χ1n) is 3.12. The predicted molar refractivity (Wildman–Crippen MR) is 56.9 cm³/mol. The molecule has 0 aliphatic rings. The van der Waals surface area contributed by atoms with E-state index in [1.165, 1.54) is 11.3 Å². The second-order valence-corrected chi connectivity index (χ2v) is 4.75. The van der Waals surface area contributed by atoms with Crippen LogP contribution in [0, 0.1) is 0 Å². The third-order valence-corrected chi connectivity index (χ3v) is 3.43. The summed E-state index contributed by atoms with van der Waals surface area (Å²) in [5.74, 6) is 0. The van der Waals surface area contributed by atoms with Gasteiger partial charge in [0.1, 0.15) is 9.86 Å². The molecule has 0 saturated heterocycles. The fraction of sp³-hybridized carbons (Fsp3) is 0. The molecule has 5 heteroatoms. The molecule has 12 heavy (non-hydrogen) atoms. The maximum atomic E-state index is 5.92. The van der Waals surface area contributed by atoms with E-state index in [9.17, 15) is 0 Å². The van der Waals surface area contributed by atoms with Crippen LogP contribution in [0.1, 0.15) is 0 Å². The Labute approximate surface area is 88.7 Å². The highest BCUT2D eigenvalue weighted by Gasteiger charge is 2.07. The van der Waals surface area contributed by atoms with Gasteiger partial charge in [0, 0.05) is 0 Å². The number of rotatable bonds is 0. The van der Waals surface area contributed by atoms with Crippen LogP contribution in [0.3, 0.4) is 0 Å². The van der Waals surface area contributed by atoms with E-state index in [2.05, 4.69) is 17.6 Å². The summed E-state index contributed by atoms with van der Waals surface area (Å²) >= 11 is 17.3. The van der Waals surface area contributed by atoms with Crippen molar-refractivity contribution in [2.45, 2.75) is 4.34 Å². The van der Waals surface area contributed by atoms with E-state index < -0.39 is 0 Å². The standard InChI is InChI=1S/C7H3Cl2NS2/c8-3-1-2-4-6(5(3)9)10-7(11)12-4/h1-2H,(H,10,11). The summed E-state index contributed by atoms with van der Waals surface area (Å²) in [4.78, 5) is 4.14. The van der Waals surface area contributed by atoms with E-state index in [1.54, 1.807) is 6.07 Å². The maximum absolute atomic E-state index is 5.92. The molecule has 0 unspecified atom stereocenters. The summed E-state index contributed by atoms with van der Waals surface area (Å²) in [5.41, 5.74) is 0.735. The molecule has 1 aromatic heterocycles. The van der Waals surface area contributed by atoms with E-state index >= 15 is 0 Å². The molecule has 2 aromatic rings. The zero-order valence-corrected chi connectivity index (χ0v) is 8.94. The van der Waals surface area contributed by atoms with Crippen molar-refractivity contribution in [1.82, 2.24) is 4.98 Å². The molecule has 0 amide bonds. The molecule has 0 aliphatic heterocycles. The summed E-state index contributed by atoms with van der Waals surface area (Å²) in [7, 11) is 0. The van der Waals surface area contributed by atoms with Crippen LogP contribution < -0.4 is 0 Å². The van der Waals surface area contributed by atoms with Crippen molar-refractivity contribution in [3.8, 4) is 0 Å². The summed E-state index contributed by atoms with van der Waals surface area (Å²) in [6.07, 6.45) is 0. The Bertz CT molecular complexity index is 438. The molecule has 0 atom stereocenters. The number of aromatic nitrogens is 1. The van der Waals surface area contributed by atoms with Crippen molar-refractivity contribution in [3.05, 3.63) is 22.2 Å². The first kappa shape index (κ1) is 8.63. The molecule has 1 nitrogen and oxygen atoms in total. The Morgan fingerprint density at radius 1 is 1.33 bits per heavy atom. The Morgan fingerprint density at radius 2 is 2.08 bits per heavy atom. The topological polar surface area (TPSA) is 12.9 Å². The molecule has 0 radical (unpaired) electrons. The zero-order valence-electron chi connectivity index (χ0n) is 5.71. The molecule has 2 rings (SSSR count). The van der Waals surface area contributed by atoms with Gasteiger partial charge in [-0.15, -0.1) is 24.0 Å². The molecule has 0 fully saturated rings. The molecule has 0 spiro atoms. The molecule has 1 heterocycles. The maximum Gasteiger partial charge on any atom is 0.148 e. The number of hydrogen-bond donors (Lipinski definition) is 1. The number of hydrogen-bond acceptors (Lipinski definition) is 3. The average Bonchev–Trinajstić information content (AvgIpc) is 2.39. The Balaban J connectivity index is 2.89. The third kappa shape index (κ3) is 1.31. The van der Waals surface area contributed by atoms with Crippen molar-refractivity contribution in [2.75, 3.05) is 0 Å². The van der Waals surface area contributed by atoms with Gasteiger partial charge in [-0.1, -0.05) is 23.2 Å². The van der Waals surface area contributed by atoms with Gasteiger partial charge in [0.25, 0.3) is 0 Å². The van der Waals surface area contributed by atoms with Gasteiger partial charge in [-0.2, -0.15) is 0 Å². The van der Waals surface area contributed by atoms with Crippen molar-refractivity contribution >= 4 is 57.4 Å². The SMILES string of the molecule is Sc1nc2c(Cl)c(Cl)ccc2s1. The normalized spacial score (nSPS) is 10.9. The molecule has 1 aromatic carbocycles. The highest BCUT2D eigenvalue weighted by Crippen LogP contribution is 2.34. The van der Waals surface area contributed by atoms with Crippen LogP contribution in [0.4, 0.5) is 0 Å². The van der Waals surface area contributed by atoms with Gasteiger partial charge in [0.05, 0.1) is 14.7 Å². The summed E-state index contributed by atoms with van der Waals surface area (Å²) in [6.45, 7) is 0. The first-order valence-corrected chi connectivity index (χ1v) is 5.14. The average molecular weight is 236 g/mol. The van der Waals surface area contributed by atoms with Crippen LogP contribution in [0.2, 0.25) is 10.0 Å². The van der Waals surface area contributed by atoms with Gasteiger partial charge in [0.15, 0.2) is 0 Å². The van der Waals surface area contributed by atoms with E-state index in [4.69, 9.17) is 23.2 Å². The van der Waals surface area contributed by atoms with E-state index in [-0.39, 0.29) is 0 Å². The lowest BCUT2D eigenvalue weighted by molar-refractivity contribution is 1.31. The van der Waals surface area contributed by atoms with Crippen LogP contribution >= 0.6 is 47.2 Å². The van der Waals surface area contributed by atoms with Gasteiger partial charge >= 0.3 is 0 Å². The van der Waals surface area contributed by atoms with Gasteiger partial charge in [-0.05, 0) is 12.1 Å². The summed E-state index contributed by atoms with van der Waals surface area (Å²) in [5, 5.41) is 1.04. The van der Waals surface area contributed by atoms with E-state index in [0.717, 1.165) is 10.2 Å². The highest BCUT2D eigenvalue weighted by atomic mass is 35.5.